The van der Waals surface area contributed by atoms with Crippen LogP contribution in [0, 0.1) is 6.92 Å². The normalized spacial score (nSPS) is 12.6. The predicted molar refractivity (Wildman–Crippen MR) is 85.8 cm³/mol. The van der Waals surface area contributed by atoms with Crippen LogP contribution in [0.25, 0.3) is 0 Å². The summed E-state index contributed by atoms with van der Waals surface area (Å²) in [5.41, 5.74) is 1.15. The molecule has 0 saturated carbocycles. The van der Waals surface area contributed by atoms with E-state index in [1.807, 2.05) is 13.1 Å². The largest absolute Gasteiger partial charge is 0.309 e. The third-order valence-electron chi connectivity index (χ3n) is 3.64. The minimum atomic E-state index is 0.392. The van der Waals surface area contributed by atoms with Crippen molar-refractivity contribution in [1.82, 2.24) is 15.3 Å². The van der Waals surface area contributed by atoms with Gasteiger partial charge in [0, 0.05) is 12.2 Å². The van der Waals surface area contributed by atoms with Gasteiger partial charge in [-0.05, 0) is 32.4 Å². The maximum absolute atomic E-state index is 4.58. The minimum Gasteiger partial charge on any atom is -0.309 e. The van der Waals surface area contributed by atoms with Crippen LogP contribution in [0.5, 0.6) is 0 Å². The van der Waals surface area contributed by atoms with Crippen molar-refractivity contribution in [2.45, 2.75) is 78.2 Å². The summed E-state index contributed by atoms with van der Waals surface area (Å²) in [4.78, 5) is 8.77. The van der Waals surface area contributed by atoms with Crippen molar-refractivity contribution in [2.24, 2.45) is 0 Å². The molecular weight excluding hydrogens is 246 g/mol. The Kier molecular flexibility index (Phi) is 9.22. The number of unbranched alkanes of at least 4 members (excludes halogenated alkanes) is 5. The summed E-state index contributed by atoms with van der Waals surface area (Å²) >= 11 is 0. The van der Waals surface area contributed by atoms with E-state index in [-0.39, 0.29) is 0 Å². The summed E-state index contributed by atoms with van der Waals surface area (Å²) in [6, 6.07) is 2.44. The summed E-state index contributed by atoms with van der Waals surface area (Å²) in [6.45, 7) is 7.50. The van der Waals surface area contributed by atoms with Crippen LogP contribution in [0.3, 0.4) is 0 Å². The summed E-state index contributed by atoms with van der Waals surface area (Å²) in [5.74, 6) is 0.869. The molecule has 3 nitrogen and oxygen atoms in total. The third-order valence-corrected chi connectivity index (χ3v) is 3.64. The lowest BCUT2D eigenvalue weighted by Crippen LogP contribution is -2.23. The van der Waals surface area contributed by atoms with Gasteiger partial charge in [-0.2, -0.15) is 0 Å². The smallest absolute Gasteiger partial charge is 0.125 e. The van der Waals surface area contributed by atoms with Crippen molar-refractivity contribution in [3.63, 3.8) is 0 Å². The zero-order valence-corrected chi connectivity index (χ0v) is 13.5. The van der Waals surface area contributed by atoms with E-state index < -0.39 is 0 Å². The van der Waals surface area contributed by atoms with Crippen molar-refractivity contribution in [3.8, 4) is 0 Å². The van der Waals surface area contributed by atoms with E-state index in [0.29, 0.717) is 6.04 Å². The molecule has 0 aromatic carbocycles. The molecule has 0 fully saturated rings. The number of nitrogens with one attached hydrogen (secondary N) is 1. The lowest BCUT2D eigenvalue weighted by molar-refractivity contribution is 0.457. The molecule has 1 atom stereocenters. The van der Waals surface area contributed by atoms with Gasteiger partial charge in [0.1, 0.15) is 5.82 Å². The molecule has 0 aliphatic heterocycles. The molecule has 1 aromatic rings. The first-order valence-electron chi connectivity index (χ1n) is 8.30. The number of nitrogens with zero attached hydrogens (tertiary/aromatic N) is 2. The van der Waals surface area contributed by atoms with Crippen LogP contribution < -0.4 is 5.32 Å². The maximum Gasteiger partial charge on any atom is 0.125 e. The Balaban J connectivity index is 2.40. The van der Waals surface area contributed by atoms with Gasteiger partial charge in [0.15, 0.2) is 0 Å². The number of aryl methyl sites for hydroxylation is 1. The van der Waals surface area contributed by atoms with Crippen LogP contribution in [0.2, 0.25) is 0 Å². The molecule has 1 N–H and O–H groups in total. The average molecular weight is 277 g/mol. The lowest BCUT2D eigenvalue weighted by Gasteiger charge is -2.18. The molecule has 3 heteroatoms. The number of hydrogen-bond donors (Lipinski definition) is 1. The zero-order chi connectivity index (χ0) is 14.6. The molecule has 0 aliphatic rings. The lowest BCUT2D eigenvalue weighted by atomic mass is 10.0. The zero-order valence-electron chi connectivity index (χ0n) is 13.5. The molecule has 20 heavy (non-hydrogen) atoms. The van der Waals surface area contributed by atoms with Crippen molar-refractivity contribution in [3.05, 3.63) is 23.8 Å². The molecule has 0 spiro atoms. The van der Waals surface area contributed by atoms with Gasteiger partial charge in [0.2, 0.25) is 0 Å². The molecule has 0 radical (unpaired) electrons. The molecular formula is C17H31N3. The monoisotopic (exact) mass is 277 g/mol. The molecule has 0 saturated heterocycles. The Morgan fingerprint density at radius 1 is 1.05 bits per heavy atom. The van der Waals surface area contributed by atoms with Crippen LogP contribution in [-0.4, -0.2) is 16.5 Å². The summed E-state index contributed by atoms with van der Waals surface area (Å²) < 4.78 is 0. The van der Waals surface area contributed by atoms with Gasteiger partial charge >= 0.3 is 0 Å². The van der Waals surface area contributed by atoms with Crippen LogP contribution in [-0.2, 0) is 0 Å². The van der Waals surface area contributed by atoms with Gasteiger partial charge in [0.05, 0.1) is 5.69 Å². The van der Waals surface area contributed by atoms with Gasteiger partial charge in [0.25, 0.3) is 0 Å². The van der Waals surface area contributed by atoms with Gasteiger partial charge in [-0.1, -0.05) is 52.4 Å². The quantitative estimate of drug-likeness (QED) is 0.602. The second-order valence-electron chi connectivity index (χ2n) is 5.59. The van der Waals surface area contributed by atoms with Crippen LogP contribution in [0.4, 0.5) is 0 Å². The van der Waals surface area contributed by atoms with E-state index in [9.17, 15) is 0 Å². The second kappa shape index (κ2) is 10.8. The SMILES string of the molecule is CCCCCCCCC(NCCC)c1ccnc(C)n1. The highest BCUT2D eigenvalue weighted by atomic mass is 15.0. The van der Waals surface area contributed by atoms with E-state index in [0.717, 1.165) is 24.5 Å². The molecule has 1 heterocycles. The summed E-state index contributed by atoms with van der Waals surface area (Å²) in [7, 11) is 0. The molecule has 1 rings (SSSR count). The standard InChI is InChI=1S/C17H31N3/c1-4-6-7-8-9-10-11-16(19-13-5-2)17-12-14-18-15(3)20-17/h12,14,16,19H,4-11,13H2,1-3H3. The maximum atomic E-state index is 4.58. The van der Waals surface area contributed by atoms with E-state index >= 15 is 0 Å². The first-order chi connectivity index (χ1) is 9.77. The van der Waals surface area contributed by atoms with Gasteiger partial charge < -0.3 is 5.32 Å². The van der Waals surface area contributed by atoms with Crippen molar-refractivity contribution in [2.75, 3.05) is 6.54 Å². The third kappa shape index (κ3) is 6.99. The van der Waals surface area contributed by atoms with Gasteiger partial charge in [-0.15, -0.1) is 0 Å². The molecule has 114 valence electrons. The van der Waals surface area contributed by atoms with Crippen LogP contribution >= 0.6 is 0 Å². The van der Waals surface area contributed by atoms with Crippen molar-refractivity contribution in [1.29, 1.82) is 0 Å². The topological polar surface area (TPSA) is 37.8 Å². The number of rotatable bonds is 11. The highest BCUT2D eigenvalue weighted by Gasteiger charge is 2.12. The first kappa shape index (κ1) is 17.1. The van der Waals surface area contributed by atoms with Crippen LogP contribution in [0.15, 0.2) is 12.3 Å². The van der Waals surface area contributed by atoms with Gasteiger partial charge in [-0.3, -0.25) is 0 Å². The fourth-order valence-corrected chi connectivity index (χ4v) is 2.47. The number of hydrogen-bond acceptors (Lipinski definition) is 3. The van der Waals surface area contributed by atoms with E-state index in [1.165, 1.54) is 44.9 Å². The van der Waals surface area contributed by atoms with Crippen molar-refractivity contribution >= 4 is 0 Å². The molecule has 1 aromatic heterocycles. The Morgan fingerprint density at radius 3 is 2.50 bits per heavy atom. The van der Waals surface area contributed by atoms with E-state index in [1.54, 1.807) is 0 Å². The molecule has 0 amide bonds. The highest BCUT2D eigenvalue weighted by molar-refractivity contribution is 5.07. The fraction of sp³-hybridized carbons (Fsp3) is 0.765. The predicted octanol–water partition coefficient (Wildman–Crippen LogP) is 4.58. The highest BCUT2D eigenvalue weighted by Crippen LogP contribution is 2.19. The molecule has 0 bridgehead atoms. The first-order valence-corrected chi connectivity index (χ1v) is 8.30. The number of aromatic nitrogens is 2. The van der Waals surface area contributed by atoms with Crippen molar-refractivity contribution < 1.29 is 0 Å². The second-order valence-corrected chi connectivity index (χ2v) is 5.59. The Morgan fingerprint density at radius 2 is 1.80 bits per heavy atom. The summed E-state index contributed by atoms with van der Waals surface area (Å²) in [5, 5.41) is 3.62. The average Bonchev–Trinajstić information content (AvgIpc) is 2.45. The minimum absolute atomic E-state index is 0.392. The van der Waals surface area contributed by atoms with E-state index in [4.69, 9.17) is 0 Å². The van der Waals surface area contributed by atoms with Crippen LogP contribution in [0.1, 0.15) is 82.8 Å². The summed E-state index contributed by atoms with van der Waals surface area (Å²) in [6.07, 6.45) is 12.3. The molecule has 1 unspecified atom stereocenters. The van der Waals surface area contributed by atoms with E-state index in [2.05, 4.69) is 35.2 Å². The van der Waals surface area contributed by atoms with Gasteiger partial charge in [-0.25, -0.2) is 9.97 Å². The molecule has 0 aliphatic carbocycles. The Labute approximate surface area is 124 Å². The Hall–Kier alpha value is -0.960. The fourth-order valence-electron chi connectivity index (χ4n) is 2.47. The Bertz CT molecular complexity index is 352.